The SMILES string of the molecule is O=S(=O)(c1ccc(-c2cnc(C3CCCC3)o2)s1)N1CCN(c2ccccc2)CC1. The molecule has 2 aromatic heterocycles. The lowest BCUT2D eigenvalue weighted by molar-refractivity contribution is 0.386. The van der Waals surface area contributed by atoms with E-state index in [0.29, 0.717) is 42.1 Å². The molecule has 0 N–H and O–H groups in total. The second-order valence-electron chi connectivity index (χ2n) is 7.89. The van der Waals surface area contributed by atoms with Gasteiger partial charge in [0.05, 0.1) is 11.1 Å². The number of aromatic nitrogens is 1. The van der Waals surface area contributed by atoms with Gasteiger partial charge in [-0.15, -0.1) is 11.3 Å². The summed E-state index contributed by atoms with van der Waals surface area (Å²) in [5, 5.41) is 0. The molecular formula is C22H25N3O3S2. The first-order valence-corrected chi connectivity index (χ1v) is 12.7. The number of hydrogen-bond donors (Lipinski definition) is 0. The van der Waals surface area contributed by atoms with Crippen LogP contribution in [0.15, 0.2) is 57.3 Å². The van der Waals surface area contributed by atoms with Crippen molar-refractivity contribution in [2.45, 2.75) is 35.8 Å². The fourth-order valence-electron chi connectivity index (χ4n) is 4.31. The van der Waals surface area contributed by atoms with E-state index in [9.17, 15) is 8.42 Å². The molecule has 30 heavy (non-hydrogen) atoms. The van der Waals surface area contributed by atoms with E-state index in [4.69, 9.17) is 4.42 Å². The molecule has 2 fully saturated rings. The van der Waals surface area contributed by atoms with Crippen molar-refractivity contribution in [2.75, 3.05) is 31.1 Å². The third kappa shape index (κ3) is 3.79. The summed E-state index contributed by atoms with van der Waals surface area (Å²) in [6.45, 7) is 2.35. The lowest BCUT2D eigenvalue weighted by Crippen LogP contribution is -2.48. The van der Waals surface area contributed by atoms with E-state index >= 15 is 0 Å². The predicted octanol–water partition coefficient (Wildman–Crippen LogP) is 4.57. The zero-order valence-electron chi connectivity index (χ0n) is 16.7. The van der Waals surface area contributed by atoms with Gasteiger partial charge in [-0.25, -0.2) is 13.4 Å². The largest absolute Gasteiger partial charge is 0.440 e. The lowest BCUT2D eigenvalue weighted by Gasteiger charge is -2.35. The number of sulfonamides is 1. The van der Waals surface area contributed by atoms with Crippen LogP contribution >= 0.6 is 11.3 Å². The Hall–Kier alpha value is -2.16. The van der Waals surface area contributed by atoms with E-state index in [-0.39, 0.29) is 0 Å². The van der Waals surface area contributed by atoms with Gasteiger partial charge in [0, 0.05) is 37.8 Å². The normalized spacial score (nSPS) is 18.9. The van der Waals surface area contributed by atoms with Crippen LogP contribution in [-0.2, 0) is 10.0 Å². The minimum atomic E-state index is -3.50. The van der Waals surface area contributed by atoms with Crippen LogP contribution in [0.1, 0.15) is 37.5 Å². The summed E-state index contributed by atoms with van der Waals surface area (Å²) >= 11 is 1.26. The van der Waals surface area contributed by atoms with Gasteiger partial charge in [0.1, 0.15) is 4.21 Å². The average molecular weight is 444 g/mol. The van der Waals surface area contributed by atoms with Crippen molar-refractivity contribution in [1.29, 1.82) is 0 Å². The highest BCUT2D eigenvalue weighted by molar-refractivity contribution is 7.91. The molecule has 1 saturated heterocycles. The Morgan fingerprint density at radius 1 is 0.967 bits per heavy atom. The van der Waals surface area contributed by atoms with Crippen molar-refractivity contribution in [2.24, 2.45) is 0 Å². The standard InChI is InChI=1S/C22H25N3O3S2/c26-30(27,25-14-12-24(13-15-25)18-8-2-1-3-9-18)21-11-10-20(29-21)19-16-23-22(28-19)17-6-4-5-7-17/h1-3,8-11,16-17H,4-7,12-15H2. The Morgan fingerprint density at radius 3 is 2.43 bits per heavy atom. The topological polar surface area (TPSA) is 66.7 Å². The van der Waals surface area contributed by atoms with Crippen molar-refractivity contribution in [3.8, 4) is 10.6 Å². The number of para-hydroxylation sites is 1. The Balaban J connectivity index is 1.28. The number of piperazine rings is 1. The third-order valence-electron chi connectivity index (χ3n) is 6.01. The average Bonchev–Trinajstić information content (AvgIpc) is 3.55. The molecule has 0 unspecified atom stereocenters. The van der Waals surface area contributed by atoms with Gasteiger partial charge in [-0.2, -0.15) is 4.31 Å². The van der Waals surface area contributed by atoms with Crippen molar-refractivity contribution >= 4 is 27.0 Å². The van der Waals surface area contributed by atoms with Gasteiger partial charge in [0.25, 0.3) is 10.0 Å². The van der Waals surface area contributed by atoms with E-state index in [1.54, 1.807) is 16.6 Å². The summed E-state index contributed by atoms with van der Waals surface area (Å²) in [6.07, 6.45) is 6.43. The monoisotopic (exact) mass is 443 g/mol. The fourth-order valence-corrected chi connectivity index (χ4v) is 7.14. The van der Waals surface area contributed by atoms with Crippen LogP contribution in [0.5, 0.6) is 0 Å². The number of anilines is 1. The maximum absolute atomic E-state index is 13.2. The molecule has 3 aromatic rings. The zero-order chi connectivity index (χ0) is 20.6. The number of nitrogens with zero attached hydrogens (tertiary/aromatic N) is 3. The second kappa shape index (κ2) is 8.17. The second-order valence-corrected chi connectivity index (χ2v) is 11.1. The Morgan fingerprint density at radius 2 is 1.70 bits per heavy atom. The molecule has 1 aromatic carbocycles. The van der Waals surface area contributed by atoms with Crippen molar-refractivity contribution in [1.82, 2.24) is 9.29 Å². The number of oxazole rings is 1. The molecule has 0 bridgehead atoms. The van der Waals surface area contributed by atoms with E-state index in [1.165, 1.54) is 24.2 Å². The zero-order valence-corrected chi connectivity index (χ0v) is 18.4. The molecule has 0 radical (unpaired) electrons. The molecule has 1 aliphatic heterocycles. The van der Waals surface area contributed by atoms with E-state index < -0.39 is 10.0 Å². The van der Waals surface area contributed by atoms with Gasteiger partial charge in [-0.05, 0) is 37.1 Å². The van der Waals surface area contributed by atoms with Gasteiger partial charge in [-0.3, -0.25) is 0 Å². The summed E-state index contributed by atoms with van der Waals surface area (Å²) < 4.78 is 34.2. The quantitative estimate of drug-likeness (QED) is 0.578. The van der Waals surface area contributed by atoms with E-state index in [1.807, 2.05) is 24.3 Å². The van der Waals surface area contributed by atoms with Crippen molar-refractivity contribution in [3.05, 3.63) is 54.6 Å². The van der Waals surface area contributed by atoms with Crippen LogP contribution in [0.25, 0.3) is 10.6 Å². The van der Waals surface area contributed by atoms with Crippen LogP contribution < -0.4 is 4.90 Å². The highest BCUT2D eigenvalue weighted by atomic mass is 32.2. The molecular weight excluding hydrogens is 418 g/mol. The summed E-state index contributed by atoms with van der Waals surface area (Å²) in [7, 11) is -3.50. The summed E-state index contributed by atoms with van der Waals surface area (Å²) in [5.41, 5.74) is 1.14. The maximum Gasteiger partial charge on any atom is 0.252 e. The summed E-state index contributed by atoms with van der Waals surface area (Å²) in [6, 6.07) is 13.7. The molecule has 3 heterocycles. The number of hydrogen-bond acceptors (Lipinski definition) is 6. The summed E-state index contributed by atoms with van der Waals surface area (Å²) in [5.74, 6) is 1.86. The highest BCUT2D eigenvalue weighted by Gasteiger charge is 2.30. The molecule has 0 atom stereocenters. The lowest BCUT2D eigenvalue weighted by atomic mass is 10.1. The van der Waals surface area contributed by atoms with Crippen molar-refractivity contribution in [3.63, 3.8) is 0 Å². The van der Waals surface area contributed by atoms with Gasteiger partial charge in [0.15, 0.2) is 11.7 Å². The van der Waals surface area contributed by atoms with Gasteiger partial charge < -0.3 is 9.32 Å². The van der Waals surface area contributed by atoms with Gasteiger partial charge in [-0.1, -0.05) is 31.0 Å². The molecule has 158 valence electrons. The Bertz CT molecular complexity index is 1090. The minimum absolute atomic E-state index is 0.365. The Labute approximate surface area is 181 Å². The summed E-state index contributed by atoms with van der Waals surface area (Å²) in [4.78, 5) is 7.49. The number of rotatable bonds is 5. The van der Waals surface area contributed by atoms with Gasteiger partial charge in [0.2, 0.25) is 0 Å². The van der Waals surface area contributed by atoms with E-state index in [2.05, 4.69) is 22.0 Å². The fraction of sp³-hybridized carbons (Fsp3) is 0.409. The predicted molar refractivity (Wildman–Crippen MR) is 118 cm³/mol. The van der Waals surface area contributed by atoms with Crippen LogP contribution in [0.2, 0.25) is 0 Å². The molecule has 1 aliphatic carbocycles. The molecule has 2 aliphatic rings. The van der Waals surface area contributed by atoms with Crippen LogP contribution in [0.3, 0.4) is 0 Å². The smallest absolute Gasteiger partial charge is 0.252 e. The molecule has 0 spiro atoms. The van der Waals surface area contributed by atoms with Crippen molar-refractivity contribution < 1.29 is 12.8 Å². The molecule has 8 heteroatoms. The first kappa shape index (κ1) is 19.8. The highest BCUT2D eigenvalue weighted by Crippen LogP contribution is 2.37. The maximum atomic E-state index is 13.2. The van der Waals surface area contributed by atoms with Crippen LogP contribution in [-0.4, -0.2) is 43.9 Å². The van der Waals surface area contributed by atoms with Gasteiger partial charge >= 0.3 is 0 Å². The number of benzene rings is 1. The molecule has 5 rings (SSSR count). The van der Waals surface area contributed by atoms with Crippen LogP contribution in [0, 0.1) is 0 Å². The Kier molecular flexibility index (Phi) is 5.39. The molecule has 6 nitrogen and oxygen atoms in total. The minimum Gasteiger partial charge on any atom is -0.440 e. The van der Waals surface area contributed by atoms with Crippen LogP contribution in [0.4, 0.5) is 5.69 Å². The number of thiophene rings is 1. The molecule has 0 amide bonds. The third-order valence-corrected chi connectivity index (χ3v) is 9.47. The molecule has 1 saturated carbocycles. The van der Waals surface area contributed by atoms with E-state index in [0.717, 1.165) is 29.3 Å². The first-order chi connectivity index (χ1) is 14.6. The first-order valence-electron chi connectivity index (χ1n) is 10.5.